The lowest BCUT2D eigenvalue weighted by Gasteiger charge is -2.17. The molecule has 0 spiro atoms. The highest BCUT2D eigenvalue weighted by atomic mass is 16.3. The molecule has 1 fully saturated rings. The van der Waals surface area contributed by atoms with Crippen LogP contribution in [0.2, 0.25) is 0 Å². The second kappa shape index (κ2) is 6.76. The molecule has 1 atom stereocenters. The molecule has 1 saturated carbocycles. The Balaban J connectivity index is 1.65. The highest BCUT2D eigenvalue weighted by Gasteiger charge is 2.24. The summed E-state index contributed by atoms with van der Waals surface area (Å²) in [6.45, 7) is 4.18. The summed E-state index contributed by atoms with van der Waals surface area (Å²) in [6, 6.07) is 1.73. The van der Waals surface area contributed by atoms with Gasteiger partial charge in [-0.1, -0.05) is 12.8 Å². The zero-order chi connectivity index (χ0) is 17.3. The highest BCUT2D eigenvalue weighted by Crippen LogP contribution is 2.27. The summed E-state index contributed by atoms with van der Waals surface area (Å²) in [5, 5.41) is 24.3. The summed E-state index contributed by atoms with van der Waals surface area (Å²) < 4.78 is 1.80. The number of hydrogen-bond donors (Lipinski definition) is 3. The van der Waals surface area contributed by atoms with Gasteiger partial charge in [-0.25, -0.2) is 0 Å². The number of aromatic amines is 1. The summed E-state index contributed by atoms with van der Waals surface area (Å²) in [5.74, 6) is 0.0633. The zero-order valence-corrected chi connectivity index (χ0v) is 14.5. The number of aryl methyl sites for hydroxylation is 2. The van der Waals surface area contributed by atoms with Gasteiger partial charge >= 0.3 is 0 Å². The first-order valence-electron chi connectivity index (χ1n) is 8.49. The molecule has 3 N–H and O–H groups in total. The monoisotopic (exact) mass is 331 g/mol. The first-order valence-corrected chi connectivity index (χ1v) is 8.49. The number of aromatic nitrogens is 4. The van der Waals surface area contributed by atoms with Crippen molar-refractivity contribution in [2.45, 2.75) is 45.6 Å². The van der Waals surface area contributed by atoms with Crippen LogP contribution in [-0.4, -0.2) is 43.6 Å². The van der Waals surface area contributed by atoms with Crippen molar-refractivity contribution in [1.29, 1.82) is 0 Å². The Kier molecular flexibility index (Phi) is 4.71. The number of carbonyl (C=O) groups is 1. The van der Waals surface area contributed by atoms with Gasteiger partial charge in [-0.15, -0.1) is 0 Å². The van der Waals surface area contributed by atoms with Crippen LogP contribution in [0, 0.1) is 19.8 Å². The van der Waals surface area contributed by atoms with Gasteiger partial charge in [0.05, 0.1) is 17.5 Å². The summed E-state index contributed by atoms with van der Waals surface area (Å²) in [7, 11) is 1.89. The number of hydrogen-bond acceptors (Lipinski definition) is 4. The molecule has 7 heteroatoms. The molecular weight excluding hydrogens is 306 g/mol. The standard InChI is InChI=1S/C17H25N5O2/c1-10-16(11(2)22(3)21-10)13-8-14(20-19-13)17(24)18-9-15(23)12-6-4-5-7-12/h8,12,15,23H,4-7,9H2,1-3H3,(H,18,24)(H,19,20). The molecule has 1 aliphatic carbocycles. The number of H-pyrrole nitrogens is 1. The maximum atomic E-state index is 12.3. The van der Waals surface area contributed by atoms with E-state index in [1.807, 2.05) is 20.9 Å². The van der Waals surface area contributed by atoms with E-state index in [0.717, 1.165) is 29.8 Å². The van der Waals surface area contributed by atoms with Gasteiger partial charge in [0.15, 0.2) is 0 Å². The van der Waals surface area contributed by atoms with Crippen molar-refractivity contribution in [3.63, 3.8) is 0 Å². The number of amides is 1. The lowest BCUT2D eigenvalue weighted by atomic mass is 10.0. The number of carbonyl (C=O) groups excluding carboxylic acids is 1. The van der Waals surface area contributed by atoms with Crippen molar-refractivity contribution >= 4 is 5.91 Å². The third-order valence-corrected chi connectivity index (χ3v) is 5.00. The van der Waals surface area contributed by atoms with E-state index in [1.54, 1.807) is 10.7 Å². The molecule has 0 saturated heterocycles. The predicted molar refractivity (Wildman–Crippen MR) is 90.6 cm³/mol. The average molecular weight is 331 g/mol. The minimum absolute atomic E-state index is 0.245. The largest absolute Gasteiger partial charge is 0.391 e. The van der Waals surface area contributed by atoms with Crippen molar-refractivity contribution in [3.05, 3.63) is 23.1 Å². The van der Waals surface area contributed by atoms with Gasteiger partial charge in [-0.05, 0) is 38.7 Å². The summed E-state index contributed by atoms with van der Waals surface area (Å²) in [4.78, 5) is 12.3. The van der Waals surface area contributed by atoms with Gasteiger partial charge in [0, 0.05) is 24.8 Å². The van der Waals surface area contributed by atoms with Gasteiger partial charge in [0.2, 0.25) is 0 Å². The van der Waals surface area contributed by atoms with Crippen LogP contribution in [0.4, 0.5) is 0 Å². The van der Waals surface area contributed by atoms with Crippen LogP contribution in [0.1, 0.15) is 47.6 Å². The van der Waals surface area contributed by atoms with E-state index < -0.39 is 6.10 Å². The van der Waals surface area contributed by atoms with Crippen LogP contribution < -0.4 is 5.32 Å². The SMILES string of the molecule is Cc1nn(C)c(C)c1-c1cc(C(=O)NCC(O)C2CCCC2)[nH]n1. The Morgan fingerprint density at radius 2 is 2.17 bits per heavy atom. The van der Waals surface area contributed by atoms with Gasteiger partial charge in [0.25, 0.3) is 5.91 Å². The molecular formula is C17H25N5O2. The summed E-state index contributed by atoms with van der Waals surface area (Å²) in [6.07, 6.45) is 3.96. The molecule has 1 aliphatic rings. The number of aliphatic hydroxyl groups is 1. The molecule has 0 aromatic carbocycles. The Labute approximate surface area is 141 Å². The maximum absolute atomic E-state index is 12.3. The zero-order valence-electron chi connectivity index (χ0n) is 14.5. The van der Waals surface area contributed by atoms with E-state index in [-0.39, 0.29) is 12.5 Å². The number of aliphatic hydroxyl groups excluding tert-OH is 1. The van der Waals surface area contributed by atoms with Crippen molar-refractivity contribution in [1.82, 2.24) is 25.3 Å². The Hall–Kier alpha value is -2.15. The lowest BCUT2D eigenvalue weighted by Crippen LogP contribution is -2.35. The Morgan fingerprint density at radius 3 is 2.79 bits per heavy atom. The molecule has 1 unspecified atom stereocenters. The number of nitrogens with one attached hydrogen (secondary N) is 2. The lowest BCUT2D eigenvalue weighted by molar-refractivity contribution is 0.0836. The van der Waals surface area contributed by atoms with E-state index in [2.05, 4.69) is 20.6 Å². The second-order valence-electron chi connectivity index (χ2n) is 6.66. The normalized spacial score (nSPS) is 16.5. The first kappa shape index (κ1) is 16.7. The second-order valence-corrected chi connectivity index (χ2v) is 6.66. The average Bonchev–Trinajstić information content (AvgIpc) is 3.27. The van der Waals surface area contributed by atoms with E-state index in [9.17, 15) is 9.90 Å². The summed E-state index contributed by atoms with van der Waals surface area (Å²) >= 11 is 0. The predicted octanol–water partition coefficient (Wildman–Crippen LogP) is 1.71. The highest BCUT2D eigenvalue weighted by molar-refractivity contribution is 5.93. The van der Waals surface area contributed by atoms with Crippen LogP contribution in [0.5, 0.6) is 0 Å². The van der Waals surface area contributed by atoms with Crippen molar-refractivity contribution in [2.75, 3.05) is 6.54 Å². The van der Waals surface area contributed by atoms with Crippen molar-refractivity contribution in [2.24, 2.45) is 13.0 Å². The maximum Gasteiger partial charge on any atom is 0.269 e. The quantitative estimate of drug-likeness (QED) is 0.777. The van der Waals surface area contributed by atoms with Gasteiger partial charge in [-0.2, -0.15) is 10.2 Å². The first-order chi connectivity index (χ1) is 11.5. The van der Waals surface area contributed by atoms with Gasteiger partial charge in [0.1, 0.15) is 5.69 Å². The van der Waals surface area contributed by atoms with Crippen molar-refractivity contribution < 1.29 is 9.90 Å². The van der Waals surface area contributed by atoms with Crippen LogP contribution in [-0.2, 0) is 7.05 Å². The fourth-order valence-corrected chi connectivity index (χ4v) is 3.51. The number of nitrogens with zero attached hydrogens (tertiary/aromatic N) is 3. The van der Waals surface area contributed by atoms with Crippen LogP contribution in [0.25, 0.3) is 11.3 Å². The molecule has 24 heavy (non-hydrogen) atoms. The molecule has 2 aromatic heterocycles. The minimum Gasteiger partial charge on any atom is -0.391 e. The van der Waals surface area contributed by atoms with Crippen LogP contribution >= 0.6 is 0 Å². The molecule has 7 nitrogen and oxygen atoms in total. The van der Waals surface area contributed by atoms with E-state index in [1.165, 1.54) is 12.8 Å². The fourth-order valence-electron chi connectivity index (χ4n) is 3.51. The van der Waals surface area contributed by atoms with Crippen molar-refractivity contribution in [3.8, 4) is 11.3 Å². The molecule has 1 amide bonds. The molecule has 0 radical (unpaired) electrons. The molecule has 0 aliphatic heterocycles. The molecule has 3 rings (SSSR count). The summed E-state index contributed by atoms with van der Waals surface area (Å²) in [5.41, 5.74) is 3.93. The molecule has 130 valence electrons. The Bertz CT molecular complexity index is 727. The number of rotatable bonds is 5. The van der Waals surface area contributed by atoms with E-state index >= 15 is 0 Å². The van der Waals surface area contributed by atoms with Gasteiger partial charge in [-0.3, -0.25) is 14.6 Å². The van der Waals surface area contributed by atoms with E-state index in [0.29, 0.717) is 17.3 Å². The third kappa shape index (κ3) is 3.21. The molecule has 2 aromatic rings. The van der Waals surface area contributed by atoms with Gasteiger partial charge < -0.3 is 10.4 Å². The third-order valence-electron chi connectivity index (χ3n) is 5.00. The fraction of sp³-hybridized carbons (Fsp3) is 0.588. The molecule has 0 bridgehead atoms. The molecule has 2 heterocycles. The van der Waals surface area contributed by atoms with Crippen LogP contribution in [0.3, 0.4) is 0 Å². The topological polar surface area (TPSA) is 95.8 Å². The van der Waals surface area contributed by atoms with E-state index in [4.69, 9.17) is 0 Å². The minimum atomic E-state index is -0.471. The smallest absolute Gasteiger partial charge is 0.269 e. The Morgan fingerprint density at radius 1 is 1.46 bits per heavy atom. The van der Waals surface area contributed by atoms with Crippen LogP contribution in [0.15, 0.2) is 6.07 Å².